The Morgan fingerprint density at radius 3 is 2.74 bits per heavy atom. The molecule has 2 N–H and O–H groups in total. The number of rotatable bonds is 2. The molecule has 0 fully saturated rings. The van der Waals surface area contributed by atoms with Gasteiger partial charge in [-0.15, -0.1) is 0 Å². The maximum absolute atomic E-state index is 11.2. The van der Waals surface area contributed by atoms with E-state index in [4.69, 9.17) is 5.11 Å². The summed E-state index contributed by atoms with van der Waals surface area (Å²) in [6.45, 7) is 2.01. The number of hydrogen-bond donors (Lipinski definition) is 2. The number of H-pyrrole nitrogens is 1. The monoisotopic (exact) mass is 252 g/mol. The fraction of sp³-hybridized carbons (Fsp3) is 0.0667. The molecule has 0 saturated heterocycles. The minimum Gasteiger partial charge on any atom is -0.478 e. The van der Waals surface area contributed by atoms with E-state index in [1.165, 1.54) is 0 Å². The third-order valence-corrected chi connectivity index (χ3v) is 3.03. The van der Waals surface area contributed by atoms with Gasteiger partial charge < -0.3 is 10.1 Å². The SMILES string of the molecule is Cc1cccc(-c2nc3c(C(=O)O)cccc3[nH]2)c1. The Labute approximate surface area is 109 Å². The molecule has 1 aromatic heterocycles. The van der Waals surface area contributed by atoms with Gasteiger partial charge in [0.2, 0.25) is 0 Å². The van der Waals surface area contributed by atoms with Crippen molar-refractivity contribution in [2.75, 3.05) is 0 Å². The highest BCUT2D eigenvalue weighted by Gasteiger charge is 2.13. The summed E-state index contributed by atoms with van der Waals surface area (Å²) in [7, 11) is 0. The van der Waals surface area contributed by atoms with Crippen LogP contribution in [-0.4, -0.2) is 21.0 Å². The molecule has 0 saturated carbocycles. The van der Waals surface area contributed by atoms with Crippen molar-refractivity contribution in [2.45, 2.75) is 6.92 Å². The zero-order valence-electron chi connectivity index (χ0n) is 10.3. The van der Waals surface area contributed by atoms with Crippen LogP contribution in [0, 0.1) is 6.92 Å². The van der Waals surface area contributed by atoms with Gasteiger partial charge in [-0.1, -0.05) is 29.8 Å². The van der Waals surface area contributed by atoms with E-state index in [0.717, 1.165) is 16.6 Å². The van der Waals surface area contributed by atoms with E-state index in [0.29, 0.717) is 11.3 Å². The smallest absolute Gasteiger partial charge is 0.337 e. The molecule has 1 heterocycles. The van der Waals surface area contributed by atoms with Crippen LogP contribution in [0.4, 0.5) is 0 Å². The number of hydrogen-bond acceptors (Lipinski definition) is 2. The normalized spacial score (nSPS) is 10.8. The molecule has 3 rings (SSSR count). The number of nitrogens with zero attached hydrogens (tertiary/aromatic N) is 1. The third-order valence-electron chi connectivity index (χ3n) is 3.03. The fourth-order valence-corrected chi connectivity index (χ4v) is 2.13. The molecule has 94 valence electrons. The number of carboxylic acids is 1. The average Bonchev–Trinajstić information content (AvgIpc) is 2.82. The molecule has 0 unspecified atom stereocenters. The number of para-hydroxylation sites is 1. The number of aromatic carboxylic acids is 1. The molecule has 0 amide bonds. The van der Waals surface area contributed by atoms with Gasteiger partial charge in [-0.3, -0.25) is 0 Å². The lowest BCUT2D eigenvalue weighted by Gasteiger charge is -1.97. The predicted molar refractivity (Wildman–Crippen MR) is 73.2 cm³/mol. The summed E-state index contributed by atoms with van der Waals surface area (Å²) in [5, 5.41) is 9.15. The summed E-state index contributed by atoms with van der Waals surface area (Å²) in [5.41, 5.74) is 3.53. The maximum Gasteiger partial charge on any atom is 0.337 e. The van der Waals surface area contributed by atoms with E-state index in [1.807, 2.05) is 37.3 Å². The summed E-state index contributed by atoms with van der Waals surface area (Å²) in [4.78, 5) is 18.7. The van der Waals surface area contributed by atoms with E-state index in [9.17, 15) is 4.79 Å². The molecule has 0 atom stereocenters. The highest BCUT2D eigenvalue weighted by molar-refractivity contribution is 6.01. The molecule has 0 aliphatic rings. The highest BCUT2D eigenvalue weighted by Crippen LogP contribution is 2.23. The number of aromatic nitrogens is 2. The van der Waals surface area contributed by atoms with Crippen LogP contribution in [-0.2, 0) is 0 Å². The van der Waals surface area contributed by atoms with Crippen LogP contribution >= 0.6 is 0 Å². The Balaban J connectivity index is 2.22. The quantitative estimate of drug-likeness (QED) is 0.735. The maximum atomic E-state index is 11.2. The second-order valence-corrected chi connectivity index (χ2v) is 4.46. The first-order chi connectivity index (χ1) is 9.15. The minimum atomic E-state index is -0.965. The number of nitrogens with one attached hydrogen (secondary N) is 1. The lowest BCUT2D eigenvalue weighted by molar-refractivity contribution is 0.0699. The van der Waals surface area contributed by atoms with Crippen LogP contribution in [0.2, 0.25) is 0 Å². The summed E-state index contributed by atoms with van der Waals surface area (Å²) >= 11 is 0. The van der Waals surface area contributed by atoms with Gasteiger partial charge in [-0.25, -0.2) is 9.78 Å². The van der Waals surface area contributed by atoms with E-state index in [2.05, 4.69) is 9.97 Å². The summed E-state index contributed by atoms with van der Waals surface area (Å²) in [6, 6.07) is 13.0. The molecule has 0 aliphatic heterocycles. The standard InChI is InChI=1S/C15H12N2O2/c1-9-4-2-5-10(8-9)14-16-12-7-3-6-11(15(18)19)13(12)17-14/h2-8H,1H3,(H,16,17)(H,18,19). The van der Waals surface area contributed by atoms with Gasteiger partial charge in [0.1, 0.15) is 11.3 Å². The van der Waals surface area contributed by atoms with Crippen LogP contribution in [0.5, 0.6) is 0 Å². The topological polar surface area (TPSA) is 66.0 Å². The van der Waals surface area contributed by atoms with Crippen molar-refractivity contribution in [1.29, 1.82) is 0 Å². The molecule has 2 aromatic carbocycles. The fourth-order valence-electron chi connectivity index (χ4n) is 2.13. The van der Waals surface area contributed by atoms with E-state index in [1.54, 1.807) is 12.1 Å². The van der Waals surface area contributed by atoms with Crippen molar-refractivity contribution in [3.05, 3.63) is 53.6 Å². The Hall–Kier alpha value is -2.62. The summed E-state index contributed by atoms with van der Waals surface area (Å²) in [5.74, 6) is -0.278. The lowest BCUT2D eigenvalue weighted by atomic mass is 10.1. The largest absolute Gasteiger partial charge is 0.478 e. The lowest BCUT2D eigenvalue weighted by Crippen LogP contribution is -1.96. The second kappa shape index (κ2) is 4.24. The molecular weight excluding hydrogens is 240 g/mol. The van der Waals surface area contributed by atoms with Crippen molar-refractivity contribution in [2.24, 2.45) is 0 Å². The average molecular weight is 252 g/mol. The second-order valence-electron chi connectivity index (χ2n) is 4.46. The number of imidazole rings is 1. The third kappa shape index (κ3) is 1.97. The van der Waals surface area contributed by atoms with Gasteiger partial charge in [-0.05, 0) is 25.1 Å². The highest BCUT2D eigenvalue weighted by atomic mass is 16.4. The van der Waals surface area contributed by atoms with E-state index in [-0.39, 0.29) is 5.56 Å². The van der Waals surface area contributed by atoms with Gasteiger partial charge in [0.15, 0.2) is 0 Å². The van der Waals surface area contributed by atoms with Gasteiger partial charge >= 0.3 is 5.97 Å². The Morgan fingerprint density at radius 2 is 2.00 bits per heavy atom. The Kier molecular flexibility index (Phi) is 2.56. The van der Waals surface area contributed by atoms with Crippen LogP contribution < -0.4 is 0 Å². The first-order valence-corrected chi connectivity index (χ1v) is 5.94. The summed E-state index contributed by atoms with van der Waals surface area (Å²) < 4.78 is 0. The molecule has 4 nitrogen and oxygen atoms in total. The molecule has 4 heteroatoms. The van der Waals surface area contributed by atoms with Gasteiger partial charge in [0.25, 0.3) is 0 Å². The van der Waals surface area contributed by atoms with Gasteiger partial charge in [0.05, 0.1) is 11.1 Å². The van der Waals surface area contributed by atoms with Crippen molar-refractivity contribution >= 4 is 17.0 Å². The van der Waals surface area contributed by atoms with Crippen molar-refractivity contribution in [3.63, 3.8) is 0 Å². The number of carbonyl (C=O) groups is 1. The molecule has 3 aromatic rings. The molecule has 19 heavy (non-hydrogen) atoms. The van der Waals surface area contributed by atoms with Crippen LogP contribution in [0.25, 0.3) is 22.4 Å². The minimum absolute atomic E-state index is 0.215. The van der Waals surface area contributed by atoms with Crippen LogP contribution in [0.1, 0.15) is 15.9 Å². The van der Waals surface area contributed by atoms with Crippen LogP contribution in [0.3, 0.4) is 0 Å². The van der Waals surface area contributed by atoms with E-state index >= 15 is 0 Å². The number of benzene rings is 2. The number of carboxylic acid groups (broad SMARTS) is 1. The zero-order chi connectivity index (χ0) is 13.4. The molecule has 0 bridgehead atoms. The van der Waals surface area contributed by atoms with Crippen molar-refractivity contribution in [1.82, 2.24) is 9.97 Å². The Morgan fingerprint density at radius 1 is 1.21 bits per heavy atom. The van der Waals surface area contributed by atoms with Crippen LogP contribution in [0.15, 0.2) is 42.5 Å². The molecule has 0 radical (unpaired) electrons. The van der Waals surface area contributed by atoms with E-state index < -0.39 is 5.97 Å². The zero-order valence-corrected chi connectivity index (χ0v) is 10.3. The van der Waals surface area contributed by atoms with Crippen molar-refractivity contribution in [3.8, 4) is 11.4 Å². The number of aromatic amines is 1. The first-order valence-electron chi connectivity index (χ1n) is 5.94. The van der Waals surface area contributed by atoms with Gasteiger partial charge in [-0.2, -0.15) is 0 Å². The summed E-state index contributed by atoms with van der Waals surface area (Å²) in [6.07, 6.45) is 0. The first kappa shape index (κ1) is 11.5. The Bertz CT molecular complexity index is 775. The number of aryl methyl sites for hydroxylation is 1. The predicted octanol–water partition coefficient (Wildman–Crippen LogP) is 3.24. The van der Waals surface area contributed by atoms with Crippen molar-refractivity contribution < 1.29 is 9.90 Å². The molecular formula is C15H12N2O2. The molecule has 0 aliphatic carbocycles. The van der Waals surface area contributed by atoms with Gasteiger partial charge in [0, 0.05) is 5.56 Å². The number of fused-ring (bicyclic) bond motifs is 1. The molecule has 0 spiro atoms.